The number of carbonyl (C=O) groups excluding carboxylic acids is 1. The normalized spacial score (nSPS) is 20.9. The van der Waals surface area contributed by atoms with Gasteiger partial charge in [-0.3, -0.25) is 4.90 Å². The van der Waals surface area contributed by atoms with Gasteiger partial charge in [-0.05, 0) is 48.9 Å². The molecule has 2 saturated heterocycles. The average Bonchev–Trinajstić information content (AvgIpc) is 3.48. The number of rotatable bonds is 3. The monoisotopic (exact) mass is 395 g/mol. The van der Waals surface area contributed by atoms with E-state index in [-0.39, 0.29) is 11.6 Å². The van der Waals surface area contributed by atoms with Crippen LogP contribution in [0.5, 0.6) is 0 Å². The summed E-state index contributed by atoms with van der Waals surface area (Å²) >= 11 is 0. The SMILES string of the molecule is CNc1ccn(C(=O)N2CCC3(CCCN3Cc3ccc4c(c3)COC4)CC2)n1. The van der Waals surface area contributed by atoms with Gasteiger partial charge < -0.3 is 15.0 Å². The van der Waals surface area contributed by atoms with Gasteiger partial charge >= 0.3 is 6.03 Å². The summed E-state index contributed by atoms with van der Waals surface area (Å²) in [4.78, 5) is 17.4. The predicted octanol–water partition coefficient (Wildman–Crippen LogP) is 3.05. The quantitative estimate of drug-likeness (QED) is 0.866. The van der Waals surface area contributed by atoms with Crippen molar-refractivity contribution in [1.29, 1.82) is 0 Å². The van der Waals surface area contributed by atoms with Gasteiger partial charge in [0.25, 0.3) is 0 Å². The number of ether oxygens (including phenoxy) is 1. The van der Waals surface area contributed by atoms with Gasteiger partial charge in [0.1, 0.15) is 5.82 Å². The lowest BCUT2D eigenvalue weighted by Crippen LogP contribution is -2.53. The van der Waals surface area contributed by atoms with Gasteiger partial charge in [-0.25, -0.2) is 4.79 Å². The van der Waals surface area contributed by atoms with Crippen molar-refractivity contribution in [3.05, 3.63) is 47.2 Å². The lowest BCUT2D eigenvalue weighted by molar-refractivity contribution is 0.0584. The minimum Gasteiger partial charge on any atom is -0.372 e. The van der Waals surface area contributed by atoms with Crippen molar-refractivity contribution in [2.45, 2.75) is 51.0 Å². The van der Waals surface area contributed by atoms with E-state index < -0.39 is 0 Å². The maximum atomic E-state index is 12.8. The second-order valence-corrected chi connectivity index (χ2v) is 8.51. The summed E-state index contributed by atoms with van der Waals surface area (Å²) in [6, 6.07) is 8.61. The van der Waals surface area contributed by atoms with Crippen LogP contribution in [0.1, 0.15) is 42.4 Å². The van der Waals surface area contributed by atoms with Crippen LogP contribution in [-0.4, -0.2) is 57.8 Å². The predicted molar refractivity (Wildman–Crippen MR) is 111 cm³/mol. The van der Waals surface area contributed by atoms with Crippen LogP contribution in [0.15, 0.2) is 30.5 Å². The Hall–Kier alpha value is -2.38. The summed E-state index contributed by atoms with van der Waals surface area (Å²) in [7, 11) is 1.81. The van der Waals surface area contributed by atoms with E-state index in [1.807, 2.05) is 18.0 Å². The van der Waals surface area contributed by atoms with E-state index in [2.05, 4.69) is 33.5 Å². The van der Waals surface area contributed by atoms with Gasteiger partial charge in [0.05, 0.1) is 13.2 Å². The molecule has 1 aromatic carbocycles. The van der Waals surface area contributed by atoms with Crippen LogP contribution in [-0.2, 0) is 24.5 Å². The van der Waals surface area contributed by atoms with Crippen molar-refractivity contribution < 1.29 is 9.53 Å². The number of hydrogen-bond donors (Lipinski definition) is 1. The molecule has 29 heavy (non-hydrogen) atoms. The molecule has 0 radical (unpaired) electrons. The Kier molecular flexibility index (Phi) is 4.80. The Morgan fingerprint density at radius 1 is 1.14 bits per heavy atom. The van der Waals surface area contributed by atoms with Crippen LogP contribution in [0.3, 0.4) is 0 Å². The zero-order valence-electron chi connectivity index (χ0n) is 17.1. The summed E-state index contributed by atoms with van der Waals surface area (Å²) in [6.45, 7) is 5.22. The Labute approximate surface area is 171 Å². The number of fused-ring (bicyclic) bond motifs is 1. The molecule has 4 heterocycles. The third-order valence-corrected chi connectivity index (χ3v) is 6.91. The lowest BCUT2D eigenvalue weighted by Gasteiger charge is -2.45. The average molecular weight is 396 g/mol. The van der Waals surface area contributed by atoms with E-state index in [0.717, 1.165) is 52.2 Å². The van der Waals surface area contributed by atoms with Crippen molar-refractivity contribution in [2.24, 2.45) is 0 Å². The number of nitrogens with zero attached hydrogens (tertiary/aromatic N) is 4. The minimum absolute atomic E-state index is 0.0236. The van der Waals surface area contributed by atoms with Crippen LogP contribution in [0.2, 0.25) is 0 Å². The molecule has 3 aliphatic rings. The van der Waals surface area contributed by atoms with E-state index in [4.69, 9.17) is 4.74 Å². The third-order valence-electron chi connectivity index (χ3n) is 6.91. The van der Waals surface area contributed by atoms with E-state index in [1.165, 1.54) is 34.2 Å². The molecule has 0 bridgehead atoms. The number of piperidine rings is 1. The largest absolute Gasteiger partial charge is 0.372 e. The number of hydrogen-bond acceptors (Lipinski definition) is 5. The van der Waals surface area contributed by atoms with Gasteiger partial charge in [0.15, 0.2) is 0 Å². The molecule has 1 amide bonds. The van der Waals surface area contributed by atoms with E-state index in [1.54, 1.807) is 6.20 Å². The van der Waals surface area contributed by atoms with Crippen molar-refractivity contribution in [3.8, 4) is 0 Å². The van der Waals surface area contributed by atoms with Crippen LogP contribution >= 0.6 is 0 Å². The molecule has 7 nitrogen and oxygen atoms in total. The Morgan fingerprint density at radius 2 is 1.97 bits per heavy atom. The third kappa shape index (κ3) is 3.42. The highest BCUT2D eigenvalue weighted by Gasteiger charge is 2.43. The van der Waals surface area contributed by atoms with Crippen LogP contribution in [0.25, 0.3) is 0 Å². The molecular formula is C22H29N5O2. The molecule has 0 saturated carbocycles. The molecule has 2 fully saturated rings. The summed E-state index contributed by atoms with van der Waals surface area (Å²) < 4.78 is 7.01. The number of likely N-dealkylation sites (tertiary alicyclic amines) is 2. The van der Waals surface area contributed by atoms with E-state index in [0.29, 0.717) is 5.82 Å². The summed E-state index contributed by atoms with van der Waals surface area (Å²) in [5.74, 6) is 0.716. The number of anilines is 1. The smallest absolute Gasteiger partial charge is 0.344 e. The van der Waals surface area contributed by atoms with Crippen LogP contribution < -0.4 is 5.32 Å². The Bertz CT molecular complexity index is 900. The minimum atomic E-state index is -0.0236. The maximum Gasteiger partial charge on any atom is 0.344 e. The van der Waals surface area contributed by atoms with Crippen LogP contribution in [0.4, 0.5) is 10.6 Å². The first-order valence-corrected chi connectivity index (χ1v) is 10.6. The van der Waals surface area contributed by atoms with Crippen molar-refractivity contribution in [2.75, 3.05) is 32.0 Å². The number of nitrogens with one attached hydrogen (secondary N) is 1. The lowest BCUT2D eigenvalue weighted by atomic mass is 9.84. The van der Waals surface area contributed by atoms with Crippen molar-refractivity contribution in [1.82, 2.24) is 19.6 Å². The fraction of sp³-hybridized carbons (Fsp3) is 0.545. The molecule has 0 atom stereocenters. The molecule has 1 aromatic heterocycles. The van der Waals surface area contributed by atoms with Gasteiger partial charge in [-0.1, -0.05) is 18.2 Å². The van der Waals surface area contributed by atoms with Gasteiger partial charge in [0.2, 0.25) is 0 Å². The second kappa shape index (κ2) is 7.46. The fourth-order valence-electron chi connectivity index (χ4n) is 5.17. The topological polar surface area (TPSA) is 62.6 Å². The van der Waals surface area contributed by atoms with Crippen LogP contribution in [0, 0.1) is 0 Å². The first-order valence-electron chi connectivity index (χ1n) is 10.6. The highest BCUT2D eigenvalue weighted by molar-refractivity contribution is 5.76. The summed E-state index contributed by atoms with van der Waals surface area (Å²) in [5.41, 5.74) is 4.28. The Morgan fingerprint density at radius 3 is 2.76 bits per heavy atom. The van der Waals surface area contributed by atoms with Crippen molar-refractivity contribution in [3.63, 3.8) is 0 Å². The zero-order chi connectivity index (χ0) is 19.8. The molecule has 3 aliphatic heterocycles. The molecule has 5 rings (SSSR count). The Balaban J connectivity index is 1.25. The number of amides is 1. The first-order chi connectivity index (χ1) is 14.2. The number of aromatic nitrogens is 2. The zero-order valence-corrected chi connectivity index (χ0v) is 17.1. The number of carbonyl (C=O) groups is 1. The molecule has 154 valence electrons. The van der Waals surface area contributed by atoms with Gasteiger partial charge in [0, 0.05) is 44.5 Å². The van der Waals surface area contributed by atoms with Gasteiger partial charge in [-0.2, -0.15) is 4.68 Å². The van der Waals surface area contributed by atoms with Gasteiger partial charge in [-0.15, -0.1) is 5.10 Å². The number of benzene rings is 1. The summed E-state index contributed by atoms with van der Waals surface area (Å²) in [5, 5.41) is 7.26. The fourth-order valence-corrected chi connectivity index (χ4v) is 5.17. The molecule has 2 aromatic rings. The molecular weight excluding hydrogens is 366 g/mol. The molecule has 1 spiro atoms. The summed E-state index contributed by atoms with van der Waals surface area (Å²) in [6.07, 6.45) is 6.28. The maximum absolute atomic E-state index is 12.8. The standard InChI is InChI=1S/C22H29N5O2/c1-23-20-5-10-27(24-20)21(28)25-11-7-22(8-12-25)6-2-9-26(22)14-17-3-4-18-15-29-16-19(18)13-17/h3-5,10,13H,2,6-9,11-12,14-16H2,1H3,(H,23,24). The first kappa shape index (κ1) is 18.6. The highest BCUT2D eigenvalue weighted by Crippen LogP contribution is 2.39. The molecule has 7 heteroatoms. The van der Waals surface area contributed by atoms with E-state index in [9.17, 15) is 4.79 Å². The van der Waals surface area contributed by atoms with E-state index >= 15 is 0 Å². The molecule has 1 N–H and O–H groups in total. The van der Waals surface area contributed by atoms with Crippen molar-refractivity contribution >= 4 is 11.8 Å². The second-order valence-electron chi connectivity index (χ2n) is 8.51. The highest BCUT2D eigenvalue weighted by atomic mass is 16.5. The molecule has 0 aliphatic carbocycles. The molecule has 0 unspecified atom stereocenters.